The van der Waals surface area contributed by atoms with E-state index in [4.69, 9.17) is 32.9 Å². The molecule has 31 heavy (non-hydrogen) atoms. The molecule has 160 valence electrons. The first-order valence-corrected chi connectivity index (χ1v) is 12.3. The molecule has 0 spiro atoms. The lowest BCUT2D eigenvalue weighted by Gasteiger charge is -2.10. The van der Waals surface area contributed by atoms with E-state index >= 15 is 0 Å². The Morgan fingerprint density at radius 2 is 1.94 bits per heavy atom. The third-order valence-corrected chi connectivity index (χ3v) is 7.12. The van der Waals surface area contributed by atoms with Crippen molar-refractivity contribution in [1.82, 2.24) is 19.7 Å². The normalized spacial score (nSPS) is 11.1. The molecule has 9 heteroatoms. The van der Waals surface area contributed by atoms with Crippen LogP contribution in [0.15, 0.2) is 53.0 Å². The average Bonchev–Trinajstić information content (AvgIpc) is 3.39. The summed E-state index contributed by atoms with van der Waals surface area (Å²) in [4.78, 5) is 4.73. The van der Waals surface area contributed by atoms with Crippen molar-refractivity contribution in [3.63, 3.8) is 0 Å². The topological polar surface area (TPSA) is 52.8 Å². The molecule has 0 saturated heterocycles. The number of aryl methyl sites for hydroxylation is 1. The van der Waals surface area contributed by atoms with Crippen LogP contribution in [0, 0.1) is 6.92 Å². The zero-order valence-corrected chi connectivity index (χ0v) is 20.2. The van der Waals surface area contributed by atoms with Gasteiger partial charge in [0.1, 0.15) is 17.4 Å². The highest BCUT2D eigenvalue weighted by Crippen LogP contribution is 2.32. The number of thiazole rings is 1. The van der Waals surface area contributed by atoms with Gasteiger partial charge in [-0.05, 0) is 37.6 Å². The van der Waals surface area contributed by atoms with Gasteiger partial charge in [0.25, 0.3) is 0 Å². The summed E-state index contributed by atoms with van der Waals surface area (Å²) in [6.07, 6.45) is 0. The first-order chi connectivity index (χ1) is 15.0. The average molecular weight is 491 g/mol. The molecule has 4 rings (SSSR count). The highest BCUT2D eigenvalue weighted by molar-refractivity contribution is 7.98. The van der Waals surface area contributed by atoms with E-state index in [1.807, 2.05) is 49.4 Å². The molecule has 4 aromatic rings. The van der Waals surface area contributed by atoms with Gasteiger partial charge in [-0.25, -0.2) is 4.98 Å². The minimum absolute atomic E-state index is 0.304. The van der Waals surface area contributed by atoms with Crippen molar-refractivity contribution in [2.75, 3.05) is 0 Å². The summed E-state index contributed by atoms with van der Waals surface area (Å²) in [5.41, 5.74) is 3.03. The smallest absolute Gasteiger partial charge is 0.191 e. The number of rotatable bonds is 8. The molecule has 2 aromatic carbocycles. The van der Waals surface area contributed by atoms with E-state index in [0.717, 1.165) is 39.4 Å². The predicted molar refractivity (Wildman–Crippen MR) is 128 cm³/mol. The van der Waals surface area contributed by atoms with Crippen LogP contribution in [0.2, 0.25) is 10.0 Å². The van der Waals surface area contributed by atoms with E-state index in [9.17, 15) is 0 Å². The Bertz CT molecular complexity index is 1190. The van der Waals surface area contributed by atoms with Gasteiger partial charge in [-0.2, -0.15) is 0 Å². The lowest BCUT2D eigenvalue weighted by Crippen LogP contribution is -2.07. The Labute approximate surface area is 199 Å². The van der Waals surface area contributed by atoms with Crippen molar-refractivity contribution in [3.05, 3.63) is 75.0 Å². The molecule has 0 radical (unpaired) electrons. The largest absolute Gasteiger partial charge is 0.484 e. The molecule has 0 fully saturated rings. The van der Waals surface area contributed by atoms with Crippen LogP contribution >= 0.6 is 46.3 Å². The maximum atomic E-state index is 6.30. The summed E-state index contributed by atoms with van der Waals surface area (Å²) in [5.74, 6) is 2.11. The molecule has 0 aliphatic heterocycles. The fraction of sp³-hybridized carbons (Fsp3) is 0.227. The molecule has 0 saturated carbocycles. The van der Waals surface area contributed by atoms with Gasteiger partial charge < -0.3 is 9.30 Å². The Kier molecular flexibility index (Phi) is 7.17. The fourth-order valence-electron chi connectivity index (χ4n) is 2.98. The quantitative estimate of drug-likeness (QED) is 0.251. The molecule has 0 N–H and O–H groups in total. The van der Waals surface area contributed by atoms with Crippen LogP contribution in [0.3, 0.4) is 0 Å². The molecular formula is C22H20Cl2N4OS2. The molecular weight excluding hydrogens is 471 g/mol. The van der Waals surface area contributed by atoms with Crippen molar-refractivity contribution >= 4 is 46.3 Å². The second-order valence-electron chi connectivity index (χ2n) is 6.78. The van der Waals surface area contributed by atoms with E-state index in [-0.39, 0.29) is 0 Å². The molecule has 2 heterocycles. The van der Waals surface area contributed by atoms with Gasteiger partial charge in [-0.3, -0.25) is 0 Å². The van der Waals surface area contributed by atoms with Crippen LogP contribution in [0.1, 0.15) is 24.0 Å². The first kappa shape index (κ1) is 22.1. The molecule has 0 amide bonds. The highest BCUT2D eigenvalue weighted by Gasteiger charge is 2.14. The predicted octanol–water partition coefficient (Wildman–Crippen LogP) is 6.91. The molecule has 0 aliphatic carbocycles. The summed E-state index contributed by atoms with van der Waals surface area (Å²) in [6.45, 7) is 5.12. The van der Waals surface area contributed by atoms with E-state index in [2.05, 4.69) is 27.1 Å². The van der Waals surface area contributed by atoms with E-state index < -0.39 is 0 Å². The second-order valence-corrected chi connectivity index (χ2v) is 9.39. The Balaban J connectivity index is 1.42. The Morgan fingerprint density at radius 3 is 2.74 bits per heavy atom. The highest BCUT2D eigenvalue weighted by atomic mass is 35.5. The summed E-state index contributed by atoms with van der Waals surface area (Å²) in [5, 5.41) is 13.8. The zero-order chi connectivity index (χ0) is 21.8. The van der Waals surface area contributed by atoms with E-state index in [1.165, 1.54) is 0 Å². The number of hydrogen-bond acceptors (Lipinski definition) is 6. The molecule has 5 nitrogen and oxygen atoms in total. The third kappa shape index (κ3) is 5.23. The lowest BCUT2D eigenvalue weighted by atomic mass is 10.2. The van der Waals surface area contributed by atoms with Gasteiger partial charge in [0.05, 0.1) is 15.7 Å². The molecule has 0 aliphatic rings. The van der Waals surface area contributed by atoms with Gasteiger partial charge in [0.15, 0.2) is 11.0 Å². The summed E-state index contributed by atoms with van der Waals surface area (Å²) in [6, 6.07) is 13.5. The van der Waals surface area contributed by atoms with Crippen LogP contribution in [-0.4, -0.2) is 19.7 Å². The molecule has 0 atom stereocenters. The van der Waals surface area contributed by atoms with Gasteiger partial charge in [0.2, 0.25) is 0 Å². The monoisotopic (exact) mass is 490 g/mol. The minimum atomic E-state index is 0.304. The van der Waals surface area contributed by atoms with Crippen molar-refractivity contribution < 1.29 is 4.74 Å². The fourth-order valence-corrected chi connectivity index (χ4v) is 5.32. The number of aromatic nitrogens is 4. The first-order valence-electron chi connectivity index (χ1n) is 9.68. The summed E-state index contributed by atoms with van der Waals surface area (Å²) in [7, 11) is 0. The summed E-state index contributed by atoms with van der Waals surface area (Å²) < 4.78 is 7.95. The van der Waals surface area contributed by atoms with Crippen molar-refractivity contribution in [1.29, 1.82) is 0 Å². The zero-order valence-electron chi connectivity index (χ0n) is 17.0. The van der Waals surface area contributed by atoms with Crippen molar-refractivity contribution in [3.8, 4) is 16.3 Å². The lowest BCUT2D eigenvalue weighted by molar-refractivity contribution is 0.288. The van der Waals surface area contributed by atoms with Gasteiger partial charge >= 0.3 is 0 Å². The van der Waals surface area contributed by atoms with Gasteiger partial charge in [-0.1, -0.05) is 59.2 Å². The molecule has 2 aromatic heterocycles. The third-order valence-electron chi connectivity index (χ3n) is 4.56. The van der Waals surface area contributed by atoms with Crippen LogP contribution in [-0.2, 0) is 18.9 Å². The van der Waals surface area contributed by atoms with E-state index in [1.54, 1.807) is 23.1 Å². The number of benzene rings is 2. The van der Waals surface area contributed by atoms with Crippen LogP contribution in [0.5, 0.6) is 5.75 Å². The van der Waals surface area contributed by atoms with Gasteiger partial charge in [0, 0.05) is 23.2 Å². The van der Waals surface area contributed by atoms with Crippen molar-refractivity contribution in [2.45, 2.75) is 37.9 Å². The summed E-state index contributed by atoms with van der Waals surface area (Å²) >= 11 is 15.7. The number of thioether (sulfide) groups is 1. The maximum Gasteiger partial charge on any atom is 0.191 e. The van der Waals surface area contributed by atoms with E-state index in [0.29, 0.717) is 28.2 Å². The minimum Gasteiger partial charge on any atom is -0.484 e. The second kappa shape index (κ2) is 10.0. The Morgan fingerprint density at radius 1 is 1.10 bits per heavy atom. The maximum absolute atomic E-state index is 6.30. The Hall–Kier alpha value is -2.06. The molecule has 0 bridgehead atoms. The number of halogens is 2. The standard InChI is InChI=1S/C22H20Cl2N4OS2/c1-3-28-20(11-29-19-10-14(2)8-9-18(19)24)26-27-22(28)31-13-15-12-30-21(25-15)16-6-4-5-7-17(16)23/h4-10,12H,3,11,13H2,1-2H3. The van der Waals surface area contributed by atoms with Crippen LogP contribution in [0.25, 0.3) is 10.6 Å². The van der Waals surface area contributed by atoms with Crippen molar-refractivity contribution in [2.24, 2.45) is 0 Å². The van der Waals surface area contributed by atoms with Gasteiger partial charge in [-0.15, -0.1) is 21.5 Å². The number of hydrogen-bond donors (Lipinski definition) is 0. The molecule has 0 unspecified atom stereocenters. The SMILES string of the molecule is CCn1c(COc2cc(C)ccc2Cl)nnc1SCc1csc(-c2ccccc2Cl)n1. The number of nitrogens with zero attached hydrogens (tertiary/aromatic N) is 4. The van der Waals surface area contributed by atoms with Crippen LogP contribution < -0.4 is 4.74 Å². The number of ether oxygens (including phenoxy) is 1. The van der Waals surface area contributed by atoms with Crippen LogP contribution in [0.4, 0.5) is 0 Å².